The number of hydrogen-bond acceptors (Lipinski definition) is 5. The minimum atomic E-state index is -5.04. The van der Waals surface area contributed by atoms with Crippen LogP contribution < -0.4 is 10.1 Å². The molecule has 0 bridgehead atoms. The fraction of sp³-hybridized carbons (Fsp3) is 0.353. The summed E-state index contributed by atoms with van der Waals surface area (Å²) in [5, 5.41) is 2.15. The van der Waals surface area contributed by atoms with Crippen molar-refractivity contribution < 1.29 is 36.6 Å². The maximum absolute atomic E-state index is 13.5. The van der Waals surface area contributed by atoms with E-state index in [-0.39, 0.29) is 24.9 Å². The number of alkyl halides is 3. The molecule has 6 nitrogen and oxygen atoms in total. The van der Waals surface area contributed by atoms with Crippen molar-refractivity contribution >= 4 is 33.4 Å². The van der Waals surface area contributed by atoms with Crippen molar-refractivity contribution in [2.24, 2.45) is 0 Å². The van der Waals surface area contributed by atoms with Crippen LogP contribution in [0.15, 0.2) is 82.8 Å². The predicted octanol–water partition coefficient (Wildman–Crippen LogP) is 7.01. The minimum Gasteiger partial charge on any atom is -0.492 e. The molecule has 1 atom stereocenters. The Morgan fingerprint density at radius 2 is 1.73 bits per heavy atom. The van der Waals surface area contributed by atoms with E-state index in [1.807, 2.05) is 24.3 Å². The van der Waals surface area contributed by atoms with Crippen LogP contribution in [0, 0.1) is 5.82 Å². The van der Waals surface area contributed by atoms with Crippen LogP contribution in [0.1, 0.15) is 42.4 Å². The Hall–Kier alpha value is -3.70. The number of esters is 1. The summed E-state index contributed by atoms with van der Waals surface area (Å²) in [6, 6.07) is 21.0. The summed E-state index contributed by atoms with van der Waals surface area (Å²) in [4.78, 5) is 27.0. The molecule has 1 unspecified atom stereocenters. The third-order valence-electron chi connectivity index (χ3n) is 7.75. The third kappa shape index (κ3) is 9.17. The Kier molecular flexibility index (Phi) is 10.6. The third-order valence-corrected chi connectivity index (χ3v) is 8.40. The van der Waals surface area contributed by atoms with Gasteiger partial charge >= 0.3 is 18.1 Å². The van der Waals surface area contributed by atoms with Crippen molar-refractivity contribution in [3.05, 3.63) is 105 Å². The molecule has 1 amide bonds. The van der Waals surface area contributed by atoms with Gasteiger partial charge in [-0.15, -0.1) is 0 Å². The normalized spacial score (nSPS) is 16.3. The SMILES string of the molecule is O=C(OC1CC1)C1=C(c2ccc(CCCOc3cc(F)ccc3Br)cc2)CCN(C(Cc2ccccc2)NC(=O)C(F)(F)F)C1. The van der Waals surface area contributed by atoms with Gasteiger partial charge in [-0.3, -0.25) is 9.69 Å². The van der Waals surface area contributed by atoms with Crippen LogP contribution in [0.2, 0.25) is 0 Å². The summed E-state index contributed by atoms with van der Waals surface area (Å²) >= 11 is 3.35. The standard InChI is InChI=1S/C34H33BrF4N2O4/c35-29-15-12-25(36)20-30(29)44-18-4-7-22-8-10-24(11-9-22)27-16-17-41(21-28(27)32(42)45-26-13-14-26)31(40-33(43)34(37,38)39)19-23-5-2-1-3-6-23/h1-3,5-6,8-12,15,20,26,31H,4,7,13-14,16-19,21H2,(H,40,43). The van der Waals surface area contributed by atoms with E-state index >= 15 is 0 Å². The molecule has 45 heavy (non-hydrogen) atoms. The summed E-state index contributed by atoms with van der Waals surface area (Å²) in [6.45, 7) is 0.766. The van der Waals surface area contributed by atoms with E-state index < -0.39 is 24.2 Å². The molecule has 3 aromatic carbocycles. The van der Waals surface area contributed by atoms with Crippen LogP contribution in [0.25, 0.3) is 5.57 Å². The van der Waals surface area contributed by atoms with E-state index in [0.29, 0.717) is 41.8 Å². The molecule has 0 radical (unpaired) electrons. The fourth-order valence-corrected chi connectivity index (χ4v) is 5.59. The van der Waals surface area contributed by atoms with E-state index in [2.05, 4.69) is 21.2 Å². The second-order valence-corrected chi connectivity index (χ2v) is 12.0. The fourth-order valence-electron chi connectivity index (χ4n) is 5.23. The van der Waals surface area contributed by atoms with Crippen molar-refractivity contribution in [1.82, 2.24) is 10.2 Å². The predicted molar refractivity (Wildman–Crippen MR) is 165 cm³/mol. The van der Waals surface area contributed by atoms with Gasteiger partial charge < -0.3 is 14.8 Å². The van der Waals surface area contributed by atoms with Crippen molar-refractivity contribution in [2.45, 2.75) is 57.0 Å². The van der Waals surface area contributed by atoms with Gasteiger partial charge in [-0.05, 0) is 82.4 Å². The highest BCUT2D eigenvalue weighted by molar-refractivity contribution is 9.10. The van der Waals surface area contributed by atoms with E-state index in [4.69, 9.17) is 9.47 Å². The quantitative estimate of drug-likeness (QED) is 0.126. The molecule has 238 valence electrons. The molecule has 1 aliphatic heterocycles. The van der Waals surface area contributed by atoms with E-state index in [9.17, 15) is 27.2 Å². The molecular weight excluding hydrogens is 656 g/mol. The average Bonchev–Trinajstić information content (AvgIpc) is 3.84. The first kappa shape index (κ1) is 32.7. The highest BCUT2D eigenvalue weighted by Crippen LogP contribution is 2.33. The molecule has 5 rings (SSSR count). The Labute approximate surface area is 267 Å². The molecule has 3 aromatic rings. The number of carbonyl (C=O) groups excluding carboxylic acids is 2. The van der Waals surface area contributed by atoms with Crippen LogP contribution in [-0.4, -0.2) is 54.9 Å². The van der Waals surface area contributed by atoms with Crippen LogP contribution in [0.3, 0.4) is 0 Å². The Balaban J connectivity index is 1.30. The van der Waals surface area contributed by atoms with Crippen molar-refractivity contribution in [3.63, 3.8) is 0 Å². The number of carbonyl (C=O) groups is 2. The highest BCUT2D eigenvalue weighted by atomic mass is 79.9. The Morgan fingerprint density at radius 1 is 1.00 bits per heavy atom. The monoisotopic (exact) mass is 688 g/mol. The largest absolute Gasteiger partial charge is 0.492 e. The number of ether oxygens (including phenoxy) is 2. The zero-order valence-corrected chi connectivity index (χ0v) is 26.0. The first-order chi connectivity index (χ1) is 21.6. The highest BCUT2D eigenvalue weighted by Gasteiger charge is 2.41. The average molecular weight is 690 g/mol. The molecule has 1 saturated carbocycles. The number of amides is 1. The molecule has 1 heterocycles. The smallest absolute Gasteiger partial charge is 0.471 e. The zero-order chi connectivity index (χ0) is 32.0. The lowest BCUT2D eigenvalue weighted by Crippen LogP contribution is -2.55. The number of nitrogens with zero attached hydrogens (tertiary/aromatic N) is 1. The molecule has 0 spiro atoms. The zero-order valence-electron chi connectivity index (χ0n) is 24.4. The number of hydrogen-bond donors (Lipinski definition) is 1. The van der Waals surface area contributed by atoms with Gasteiger partial charge in [0.05, 0.1) is 22.8 Å². The summed E-state index contributed by atoms with van der Waals surface area (Å²) in [5.74, 6) is -2.44. The second-order valence-electron chi connectivity index (χ2n) is 11.2. The van der Waals surface area contributed by atoms with Crippen molar-refractivity contribution in [2.75, 3.05) is 19.7 Å². The lowest BCUT2D eigenvalue weighted by Gasteiger charge is -2.37. The maximum atomic E-state index is 13.5. The summed E-state index contributed by atoms with van der Waals surface area (Å²) in [5.41, 5.74) is 3.81. The van der Waals surface area contributed by atoms with Gasteiger partial charge in [-0.1, -0.05) is 54.6 Å². The number of rotatable bonds is 12. The Bertz CT molecular complexity index is 1530. The van der Waals surface area contributed by atoms with Crippen molar-refractivity contribution in [1.29, 1.82) is 0 Å². The first-order valence-electron chi connectivity index (χ1n) is 14.8. The van der Waals surface area contributed by atoms with E-state index in [1.165, 1.54) is 12.1 Å². The molecule has 2 aliphatic rings. The Morgan fingerprint density at radius 3 is 2.42 bits per heavy atom. The van der Waals surface area contributed by atoms with Crippen LogP contribution in [0.5, 0.6) is 5.75 Å². The van der Waals surface area contributed by atoms with Gasteiger partial charge in [0.25, 0.3) is 0 Å². The number of halogens is 5. The van der Waals surface area contributed by atoms with Gasteiger partial charge in [0.1, 0.15) is 17.7 Å². The first-order valence-corrected chi connectivity index (χ1v) is 15.6. The van der Waals surface area contributed by atoms with E-state index in [1.54, 1.807) is 41.3 Å². The van der Waals surface area contributed by atoms with E-state index in [0.717, 1.165) is 41.5 Å². The number of aryl methyl sites for hydroxylation is 1. The van der Waals surface area contributed by atoms with Crippen LogP contribution >= 0.6 is 15.9 Å². The molecule has 1 aliphatic carbocycles. The molecule has 1 fully saturated rings. The topological polar surface area (TPSA) is 67.9 Å². The van der Waals surface area contributed by atoms with Gasteiger partial charge in [0.15, 0.2) is 0 Å². The minimum absolute atomic E-state index is 0.0330. The van der Waals surface area contributed by atoms with Crippen LogP contribution in [-0.2, 0) is 27.2 Å². The van der Waals surface area contributed by atoms with Crippen molar-refractivity contribution in [3.8, 4) is 5.75 Å². The molecule has 0 saturated heterocycles. The van der Waals surface area contributed by atoms with Gasteiger partial charge in [0.2, 0.25) is 0 Å². The molecule has 1 N–H and O–H groups in total. The summed E-state index contributed by atoms with van der Waals surface area (Å²) < 4.78 is 65.3. The second kappa shape index (κ2) is 14.6. The molecule has 0 aromatic heterocycles. The molecular formula is C34H33BrF4N2O4. The van der Waals surface area contributed by atoms with Gasteiger partial charge in [-0.25, -0.2) is 9.18 Å². The maximum Gasteiger partial charge on any atom is 0.471 e. The summed E-state index contributed by atoms with van der Waals surface area (Å²) in [7, 11) is 0. The van der Waals surface area contributed by atoms with Crippen LogP contribution in [0.4, 0.5) is 17.6 Å². The number of benzene rings is 3. The van der Waals surface area contributed by atoms with Gasteiger partial charge in [-0.2, -0.15) is 13.2 Å². The number of nitrogens with one attached hydrogen (secondary N) is 1. The lowest BCUT2D eigenvalue weighted by molar-refractivity contribution is -0.175. The summed E-state index contributed by atoms with van der Waals surface area (Å²) in [6.07, 6.45) is -2.66. The molecule has 11 heteroatoms. The van der Waals surface area contributed by atoms with Gasteiger partial charge in [0, 0.05) is 25.6 Å². The lowest BCUT2D eigenvalue weighted by atomic mass is 9.91.